The molecule has 0 spiro atoms. The van der Waals surface area contributed by atoms with E-state index in [1.807, 2.05) is 69.2 Å². The smallest absolute Gasteiger partial charge is 0.339 e. The summed E-state index contributed by atoms with van der Waals surface area (Å²) in [5.41, 5.74) is 2.15. The summed E-state index contributed by atoms with van der Waals surface area (Å²) in [6.45, 7) is 4.10. The molecule has 0 atom stereocenters. The Morgan fingerprint density at radius 3 is 2.25 bits per heavy atom. The first-order chi connectivity index (χ1) is 13.3. The van der Waals surface area contributed by atoms with Gasteiger partial charge in [-0.15, -0.1) is 0 Å². The fourth-order valence-corrected chi connectivity index (χ4v) is 2.16. The van der Waals surface area contributed by atoms with Crippen molar-refractivity contribution in [2.24, 2.45) is 0 Å². The van der Waals surface area contributed by atoms with Gasteiger partial charge < -0.3 is 24.7 Å². The fraction of sp³-hybridized carbons (Fsp3) is 0.450. The maximum atomic E-state index is 11.4. The largest absolute Gasteiger partial charge is 0.478 e. The molecule has 0 saturated heterocycles. The Balaban J connectivity index is 0.000000568. The number of aryl methyl sites for hydroxylation is 1. The van der Waals surface area contributed by atoms with E-state index in [1.165, 1.54) is 6.20 Å². The third-order valence-electron chi connectivity index (χ3n) is 3.71. The molecule has 0 amide bonds. The number of benzene rings is 1. The van der Waals surface area contributed by atoms with Gasteiger partial charge in [-0.25, -0.2) is 9.78 Å². The van der Waals surface area contributed by atoms with Crippen LogP contribution >= 0.6 is 0 Å². The summed E-state index contributed by atoms with van der Waals surface area (Å²) in [5, 5.41) is 17.5. The molecule has 0 bridgehead atoms. The van der Waals surface area contributed by atoms with Crippen LogP contribution in [0.1, 0.15) is 15.9 Å². The van der Waals surface area contributed by atoms with E-state index in [-0.39, 0.29) is 18.2 Å². The highest BCUT2D eigenvalue weighted by atomic mass is 16.5. The van der Waals surface area contributed by atoms with Crippen LogP contribution in [0.4, 0.5) is 0 Å². The Kier molecular flexibility index (Phi) is 10.1. The lowest BCUT2D eigenvalue weighted by Gasteiger charge is -2.12. The van der Waals surface area contributed by atoms with Gasteiger partial charge in [0.1, 0.15) is 12.2 Å². The standard InChI is InChI=1S/C16H19N3O3.C4H11NO/c1-11-6-4-5-7-12(11)14-13(15(20)21)10-17-16(18-14)22-9-8-19(2)3;1-5(2)3-4-6/h4-7,10H,8-9H2,1-3H3,(H,20,21);6H,3-4H2,1-2H3. The summed E-state index contributed by atoms with van der Waals surface area (Å²) in [6, 6.07) is 7.69. The minimum atomic E-state index is -1.06. The molecule has 0 unspecified atom stereocenters. The average molecular weight is 390 g/mol. The van der Waals surface area contributed by atoms with E-state index in [0.717, 1.165) is 24.2 Å². The number of carboxylic acids is 1. The van der Waals surface area contributed by atoms with Crippen molar-refractivity contribution in [3.8, 4) is 17.3 Å². The van der Waals surface area contributed by atoms with Crippen molar-refractivity contribution in [1.82, 2.24) is 19.8 Å². The Hall–Kier alpha value is -2.55. The van der Waals surface area contributed by atoms with Gasteiger partial charge in [0.15, 0.2) is 0 Å². The Labute approximate surface area is 166 Å². The van der Waals surface area contributed by atoms with Crippen LogP contribution in [0.3, 0.4) is 0 Å². The number of carboxylic acid groups (broad SMARTS) is 1. The summed E-state index contributed by atoms with van der Waals surface area (Å²) >= 11 is 0. The van der Waals surface area contributed by atoms with Gasteiger partial charge in [-0.2, -0.15) is 4.98 Å². The first-order valence-corrected chi connectivity index (χ1v) is 8.95. The number of hydrogen-bond donors (Lipinski definition) is 2. The van der Waals surface area contributed by atoms with Crippen LogP contribution in [0.5, 0.6) is 6.01 Å². The molecule has 0 aliphatic heterocycles. The first kappa shape index (κ1) is 23.5. The minimum Gasteiger partial charge on any atom is -0.478 e. The molecule has 2 aromatic rings. The maximum Gasteiger partial charge on any atom is 0.339 e. The molecule has 1 aromatic heterocycles. The number of rotatable bonds is 8. The van der Waals surface area contributed by atoms with Crippen molar-refractivity contribution in [2.75, 3.05) is 54.5 Å². The molecule has 28 heavy (non-hydrogen) atoms. The van der Waals surface area contributed by atoms with Crippen molar-refractivity contribution in [1.29, 1.82) is 0 Å². The van der Waals surface area contributed by atoms with Crippen LogP contribution in [0.15, 0.2) is 30.5 Å². The van der Waals surface area contributed by atoms with E-state index in [0.29, 0.717) is 12.3 Å². The maximum absolute atomic E-state index is 11.4. The molecule has 154 valence electrons. The molecule has 0 aliphatic rings. The number of aromatic carboxylic acids is 1. The first-order valence-electron chi connectivity index (χ1n) is 8.95. The molecule has 8 heteroatoms. The molecule has 2 rings (SSSR count). The van der Waals surface area contributed by atoms with Gasteiger partial charge in [0.25, 0.3) is 0 Å². The van der Waals surface area contributed by atoms with Gasteiger partial charge in [0.2, 0.25) is 0 Å². The van der Waals surface area contributed by atoms with E-state index in [9.17, 15) is 9.90 Å². The van der Waals surface area contributed by atoms with Crippen molar-refractivity contribution in [2.45, 2.75) is 6.92 Å². The zero-order chi connectivity index (χ0) is 21.1. The van der Waals surface area contributed by atoms with E-state index < -0.39 is 5.97 Å². The van der Waals surface area contributed by atoms with Gasteiger partial charge >= 0.3 is 12.0 Å². The zero-order valence-corrected chi connectivity index (χ0v) is 17.2. The Bertz CT molecular complexity index is 751. The summed E-state index contributed by atoms with van der Waals surface area (Å²) in [7, 11) is 7.74. The number of ether oxygens (including phenoxy) is 1. The van der Waals surface area contributed by atoms with Crippen LogP contribution in [0.25, 0.3) is 11.3 Å². The Morgan fingerprint density at radius 1 is 1.11 bits per heavy atom. The van der Waals surface area contributed by atoms with Crippen LogP contribution in [-0.2, 0) is 0 Å². The number of aliphatic hydroxyl groups is 1. The number of likely N-dealkylation sites (N-methyl/N-ethyl adjacent to an activating group) is 2. The van der Waals surface area contributed by atoms with Gasteiger partial charge in [-0.1, -0.05) is 24.3 Å². The zero-order valence-electron chi connectivity index (χ0n) is 17.2. The lowest BCUT2D eigenvalue weighted by Crippen LogP contribution is -2.20. The van der Waals surface area contributed by atoms with Gasteiger partial charge in [0.05, 0.1) is 12.3 Å². The molecule has 1 aromatic carbocycles. The lowest BCUT2D eigenvalue weighted by atomic mass is 10.0. The number of aromatic nitrogens is 2. The second-order valence-corrected chi connectivity index (χ2v) is 6.71. The van der Waals surface area contributed by atoms with Crippen LogP contribution in [-0.4, -0.2) is 90.4 Å². The van der Waals surface area contributed by atoms with Crippen molar-refractivity contribution in [3.05, 3.63) is 41.6 Å². The van der Waals surface area contributed by atoms with Crippen molar-refractivity contribution < 1.29 is 19.7 Å². The molecule has 8 nitrogen and oxygen atoms in total. The molecule has 0 saturated carbocycles. The van der Waals surface area contributed by atoms with Crippen molar-refractivity contribution >= 4 is 5.97 Å². The summed E-state index contributed by atoms with van der Waals surface area (Å²) in [5.74, 6) is -1.06. The van der Waals surface area contributed by atoms with Crippen LogP contribution in [0.2, 0.25) is 0 Å². The highest BCUT2D eigenvalue weighted by molar-refractivity contribution is 5.94. The van der Waals surface area contributed by atoms with E-state index in [4.69, 9.17) is 9.84 Å². The summed E-state index contributed by atoms with van der Waals surface area (Å²) in [4.78, 5) is 23.6. The van der Waals surface area contributed by atoms with Gasteiger partial charge in [-0.05, 0) is 40.7 Å². The second kappa shape index (κ2) is 12.0. The molecular weight excluding hydrogens is 360 g/mol. The van der Waals surface area contributed by atoms with Crippen molar-refractivity contribution in [3.63, 3.8) is 0 Å². The lowest BCUT2D eigenvalue weighted by molar-refractivity contribution is 0.0696. The molecule has 0 fully saturated rings. The number of hydrogen-bond acceptors (Lipinski definition) is 7. The predicted molar refractivity (Wildman–Crippen MR) is 109 cm³/mol. The third-order valence-corrected chi connectivity index (χ3v) is 3.71. The number of aliphatic hydroxyl groups excluding tert-OH is 1. The predicted octanol–water partition coefficient (Wildman–Crippen LogP) is 1.63. The minimum absolute atomic E-state index is 0.0641. The molecule has 0 radical (unpaired) electrons. The second-order valence-electron chi connectivity index (χ2n) is 6.71. The van der Waals surface area contributed by atoms with Gasteiger partial charge in [-0.3, -0.25) is 0 Å². The van der Waals surface area contributed by atoms with E-state index in [1.54, 1.807) is 0 Å². The van der Waals surface area contributed by atoms with Crippen LogP contribution in [0, 0.1) is 6.92 Å². The normalized spacial score (nSPS) is 10.6. The average Bonchev–Trinajstić information content (AvgIpc) is 2.62. The summed E-state index contributed by atoms with van der Waals surface area (Å²) < 4.78 is 5.50. The molecule has 2 N–H and O–H groups in total. The van der Waals surface area contributed by atoms with E-state index >= 15 is 0 Å². The Morgan fingerprint density at radius 2 is 1.75 bits per heavy atom. The molecule has 0 aliphatic carbocycles. The quantitative estimate of drug-likeness (QED) is 0.702. The topological polar surface area (TPSA) is 99.0 Å². The highest BCUT2D eigenvalue weighted by Crippen LogP contribution is 2.26. The monoisotopic (exact) mass is 390 g/mol. The number of nitrogens with zero attached hydrogens (tertiary/aromatic N) is 4. The fourth-order valence-electron chi connectivity index (χ4n) is 2.16. The SMILES string of the molecule is CN(C)CCO.Cc1ccccc1-c1nc(OCCN(C)C)ncc1C(=O)O. The molecule has 1 heterocycles. The van der Waals surface area contributed by atoms with Crippen LogP contribution < -0.4 is 4.74 Å². The summed E-state index contributed by atoms with van der Waals surface area (Å²) in [6.07, 6.45) is 1.29. The third kappa shape index (κ3) is 7.99. The number of carbonyl (C=O) groups is 1. The molecular formula is C20H30N4O4. The highest BCUT2D eigenvalue weighted by Gasteiger charge is 2.17. The van der Waals surface area contributed by atoms with E-state index in [2.05, 4.69) is 9.97 Å². The van der Waals surface area contributed by atoms with Gasteiger partial charge in [0, 0.05) is 24.8 Å².